The SMILES string of the molecule is CC(=O)Nc1nc(N2CCC2)c2ncn(C3OC4COO[Si](C(C)C)(C(C)CCC(C)[Si]C(C)C)OC4C3=O)c2n1. The largest absolute Gasteiger partial charge is 0.381 e. The minimum Gasteiger partial charge on any atom is -0.379 e. The Morgan fingerprint density at radius 1 is 1.17 bits per heavy atom. The average Bonchev–Trinajstić information content (AvgIpc) is 3.33. The lowest BCUT2D eigenvalue weighted by atomic mass is 10.1. The summed E-state index contributed by atoms with van der Waals surface area (Å²) >= 11 is 0. The van der Waals surface area contributed by atoms with Crippen LogP contribution in [0.3, 0.4) is 0 Å². The fourth-order valence-corrected chi connectivity index (χ4v) is 10.9. The Bertz CT molecular complexity index is 1270. The zero-order valence-corrected chi connectivity index (χ0v) is 27.0. The predicted molar refractivity (Wildman–Crippen MR) is 157 cm³/mol. The summed E-state index contributed by atoms with van der Waals surface area (Å²) in [5, 5.41) is 2.67. The Hall–Kier alpha value is -2.24. The van der Waals surface area contributed by atoms with Gasteiger partial charge in [-0.15, -0.1) is 0 Å². The molecule has 2 aromatic rings. The van der Waals surface area contributed by atoms with Crippen LogP contribution < -0.4 is 10.2 Å². The molecule has 0 spiro atoms. The van der Waals surface area contributed by atoms with E-state index in [2.05, 4.69) is 66.7 Å². The molecule has 3 saturated heterocycles. The number of anilines is 2. The van der Waals surface area contributed by atoms with E-state index in [0.717, 1.165) is 41.9 Å². The van der Waals surface area contributed by atoms with E-state index in [-0.39, 0.29) is 35.3 Å². The van der Waals surface area contributed by atoms with Crippen molar-refractivity contribution in [2.75, 3.05) is 29.9 Å². The molecule has 14 heteroatoms. The second-order valence-corrected chi connectivity index (χ2v) is 18.6. The highest BCUT2D eigenvalue weighted by Crippen LogP contribution is 2.44. The maximum absolute atomic E-state index is 14.0. The maximum Gasteiger partial charge on any atom is 0.381 e. The van der Waals surface area contributed by atoms with Crippen LogP contribution in [0.4, 0.5) is 11.8 Å². The highest BCUT2D eigenvalue weighted by molar-refractivity contribution is 6.70. The molecule has 12 nitrogen and oxygen atoms in total. The van der Waals surface area contributed by atoms with Gasteiger partial charge in [-0.25, -0.2) is 9.87 Å². The van der Waals surface area contributed by atoms with Gasteiger partial charge in [-0.3, -0.25) is 24.0 Å². The van der Waals surface area contributed by atoms with E-state index in [1.807, 2.05) is 0 Å². The van der Waals surface area contributed by atoms with E-state index < -0.39 is 27.0 Å². The first-order chi connectivity index (χ1) is 19.5. The zero-order valence-electron chi connectivity index (χ0n) is 25.0. The minimum absolute atomic E-state index is 0.0621. The lowest BCUT2D eigenvalue weighted by Crippen LogP contribution is -2.52. The summed E-state index contributed by atoms with van der Waals surface area (Å²) in [6.45, 7) is 16.3. The van der Waals surface area contributed by atoms with E-state index in [4.69, 9.17) is 18.6 Å². The third-order valence-electron chi connectivity index (χ3n) is 8.14. The number of carbonyl (C=O) groups is 2. The number of nitrogens with one attached hydrogen (secondary N) is 1. The van der Waals surface area contributed by atoms with Crippen molar-refractivity contribution in [3.63, 3.8) is 0 Å². The van der Waals surface area contributed by atoms with Crippen molar-refractivity contribution in [3.8, 4) is 0 Å². The second-order valence-electron chi connectivity index (χ2n) is 12.1. The molecule has 0 aromatic carbocycles. The van der Waals surface area contributed by atoms with Crippen LogP contribution >= 0.6 is 0 Å². The lowest BCUT2D eigenvalue weighted by Gasteiger charge is -2.37. The highest BCUT2D eigenvalue weighted by Gasteiger charge is 2.58. The average molecular weight is 603 g/mol. The Morgan fingerprint density at radius 2 is 1.93 bits per heavy atom. The molecule has 0 saturated carbocycles. The predicted octanol–water partition coefficient (Wildman–Crippen LogP) is 4.17. The van der Waals surface area contributed by atoms with Crippen LogP contribution in [0.1, 0.15) is 74.0 Å². The number of ketones is 1. The van der Waals surface area contributed by atoms with Crippen LogP contribution in [0.2, 0.25) is 22.2 Å². The number of amides is 1. The van der Waals surface area contributed by atoms with Gasteiger partial charge >= 0.3 is 8.56 Å². The van der Waals surface area contributed by atoms with Crippen molar-refractivity contribution in [3.05, 3.63) is 6.33 Å². The first-order valence-electron chi connectivity index (χ1n) is 14.7. The standard InChI is InChI=1S/C27H42N6O6Si2/c1-15(2)40-17(5)9-10-18(6)41(16(3)4)38-23-20(13-36-39-41)37-26(22(23)35)33-14-28-21-24(32-11-8-12-32)30-27(29-19(7)34)31-25(21)33/h14-18,20,23,26H,8-13H2,1-7H3,(H,29,30,31,34). The molecule has 0 aliphatic carbocycles. The van der Waals surface area contributed by atoms with Crippen LogP contribution in [0.5, 0.6) is 0 Å². The maximum atomic E-state index is 14.0. The Labute approximate surface area is 244 Å². The number of ether oxygens (including phenoxy) is 1. The molecule has 5 rings (SSSR count). The number of hydrogen-bond acceptors (Lipinski definition) is 10. The molecular formula is C27H42N6O6Si2. The van der Waals surface area contributed by atoms with Crippen molar-refractivity contribution < 1.29 is 28.2 Å². The third-order valence-corrected chi connectivity index (χ3v) is 13.9. The molecule has 1 amide bonds. The molecule has 3 aliphatic rings. The smallest absolute Gasteiger partial charge is 0.379 e. The molecule has 3 aliphatic heterocycles. The number of hydrogen-bond donors (Lipinski definition) is 1. The first-order valence-corrected chi connectivity index (χ1v) is 17.8. The third kappa shape index (κ3) is 5.99. The summed E-state index contributed by atoms with van der Waals surface area (Å²) in [6.07, 6.45) is 2.17. The van der Waals surface area contributed by atoms with Gasteiger partial charge in [0.1, 0.15) is 18.8 Å². The molecule has 5 heterocycles. The van der Waals surface area contributed by atoms with Crippen molar-refractivity contribution >= 4 is 52.7 Å². The topological polar surface area (TPSA) is 130 Å². The van der Waals surface area contributed by atoms with Gasteiger partial charge in [-0.2, -0.15) is 9.97 Å². The van der Waals surface area contributed by atoms with E-state index in [1.54, 1.807) is 10.9 Å². The summed E-state index contributed by atoms with van der Waals surface area (Å²) in [7, 11) is -2.08. The quantitative estimate of drug-likeness (QED) is 0.312. The molecule has 6 unspecified atom stereocenters. The Morgan fingerprint density at radius 3 is 2.56 bits per heavy atom. The number of carbonyl (C=O) groups excluding carboxylic acids is 2. The Balaban J connectivity index is 1.41. The van der Waals surface area contributed by atoms with E-state index in [1.165, 1.54) is 6.92 Å². The summed E-state index contributed by atoms with van der Waals surface area (Å²) in [6, 6.07) is 0. The van der Waals surface area contributed by atoms with Crippen molar-refractivity contribution in [2.24, 2.45) is 0 Å². The van der Waals surface area contributed by atoms with E-state index >= 15 is 0 Å². The normalized spacial score (nSPS) is 28.1. The molecule has 2 aromatic heterocycles. The Kier molecular flexibility index (Phi) is 8.97. The van der Waals surface area contributed by atoms with Gasteiger partial charge in [0.05, 0.1) is 6.33 Å². The van der Waals surface area contributed by atoms with Gasteiger partial charge in [0.15, 0.2) is 23.2 Å². The van der Waals surface area contributed by atoms with Gasteiger partial charge in [0.25, 0.3) is 0 Å². The number of rotatable bonds is 10. The molecule has 224 valence electrons. The van der Waals surface area contributed by atoms with Gasteiger partial charge < -0.3 is 14.1 Å². The summed E-state index contributed by atoms with van der Waals surface area (Å²) < 4.78 is 20.8. The van der Waals surface area contributed by atoms with Crippen molar-refractivity contribution in [1.82, 2.24) is 19.5 Å². The fourth-order valence-electron chi connectivity index (χ4n) is 5.89. The van der Waals surface area contributed by atoms with Crippen molar-refractivity contribution in [1.29, 1.82) is 0 Å². The van der Waals surface area contributed by atoms with Gasteiger partial charge in [0.2, 0.25) is 17.6 Å². The van der Waals surface area contributed by atoms with Gasteiger partial charge in [-0.1, -0.05) is 59.0 Å². The first kappa shape index (κ1) is 30.2. The number of aromatic nitrogens is 4. The molecular weight excluding hydrogens is 561 g/mol. The highest BCUT2D eigenvalue weighted by atomic mass is 28.4. The molecule has 1 N–H and O–H groups in total. The fraction of sp³-hybridized carbons (Fsp3) is 0.741. The van der Waals surface area contributed by atoms with Gasteiger partial charge in [-0.05, 0) is 18.4 Å². The van der Waals surface area contributed by atoms with Crippen LogP contribution in [0.15, 0.2) is 6.33 Å². The summed E-state index contributed by atoms with van der Waals surface area (Å²) in [5.41, 5.74) is 2.45. The second kappa shape index (κ2) is 12.2. The number of fused-ring (bicyclic) bond motifs is 2. The summed E-state index contributed by atoms with van der Waals surface area (Å²) in [4.78, 5) is 47.3. The zero-order chi connectivity index (χ0) is 29.5. The van der Waals surface area contributed by atoms with E-state index in [0.29, 0.717) is 28.1 Å². The van der Waals surface area contributed by atoms with Crippen molar-refractivity contribution in [2.45, 2.75) is 108 Å². The number of nitrogens with zero attached hydrogens (tertiary/aromatic N) is 5. The number of Topliss-reactive ketones (excluding diaryl/α,β-unsaturated/α-hetero) is 1. The van der Waals surface area contributed by atoms with Crippen LogP contribution in [0, 0.1) is 0 Å². The number of imidazole rings is 1. The van der Waals surface area contributed by atoms with Gasteiger partial charge in [0, 0.05) is 35.1 Å². The molecule has 41 heavy (non-hydrogen) atoms. The summed E-state index contributed by atoms with van der Waals surface area (Å²) in [5.74, 6) is 0.291. The molecule has 0 bridgehead atoms. The van der Waals surface area contributed by atoms with Crippen LogP contribution in [-0.4, -0.2) is 81.2 Å². The minimum atomic E-state index is -2.99. The van der Waals surface area contributed by atoms with Crippen LogP contribution in [-0.2, 0) is 28.2 Å². The van der Waals surface area contributed by atoms with E-state index in [9.17, 15) is 9.59 Å². The lowest BCUT2D eigenvalue weighted by molar-refractivity contribution is -0.240. The monoisotopic (exact) mass is 602 g/mol. The molecule has 2 radical (unpaired) electrons. The molecule has 3 fully saturated rings. The van der Waals surface area contributed by atoms with Crippen LogP contribution in [0.25, 0.3) is 11.2 Å². The molecule has 6 atom stereocenters.